The Labute approximate surface area is 171 Å². The summed E-state index contributed by atoms with van der Waals surface area (Å²) in [5.74, 6) is -0.676. The van der Waals surface area contributed by atoms with Crippen molar-refractivity contribution in [3.8, 4) is 11.1 Å². The molecule has 2 heterocycles. The zero-order chi connectivity index (χ0) is 21.5. The van der Waals surface area contributed by atoms with Crippen LogP contribution in [0.2, 0.25) is 0 Å². The fourth-order valence-electron chi connectivity index (χ4n) is 3.31. The van der Waals surface area contributed by atoms with Crippen LogP contribution < -0.4 is 15.9 Å². The Hall–Kier alpha value is -3.43. The Balaban J connectivity index is 1.79. The van der Waals surface area contributed by atoms with Crippen molar-refractivity contribution in [2.75, 3.05) is 6.26 Å². The fraction of sp³-hybridized carbons (Fsp3) is 0.143. The van der Waals surface area contributed by atoms with Crippen LogP contribution in [0, 0.1) is 6.92 Å². The molecule has 0 unspecified atom stereocenters. The SMILES string of the molecule is Cc1c(CC(=O)NNS(C)(=O)=O)c(=O)oc2cc3occ(-c4ccccc4)c3cc12. The third-order valence-electron chi connectivity index (χ3n) is 4.78. The Morgan fingerprint density at radius 3 is 2.50 bits per heavy atom. The number of benzene rings is 2. The summed E-state index contributed by atoms with van der Waals surface area (Å²) >= 11 is 0. The molecule has 4 rings (SSSR count). The summed E-state index contributed by atoms with van der Waals surface area (Å²) in [7, 11) is -3.61. The van der Waals surface area contributed by atoms with Crippen LogP contribution >= 0.6 is 0 Å². The molecule has 0 spiro atoms. The normalized spacial score (nSPS) is 11.8. The van der Waals surface area contributed by atoms with E-state index in [0.29, 0.717) is 22.1 Å². The Morgan fingerprint density at radius 1 is 1.07 bits per heavy atom. The number of fused-ring (bicyclic) bond motifs is 2. The summed E-state index contributed by atoms with van der Waals surface area (Å²) in [6.07, 6.45) is 2.22. The first-order valence-electron chi connectivity index (χ1n) is 9.01. The van der Waals surface area contributed by atoms with Gasteiger partial charge in [-0.05, 0) is 24.1 Å². The number of aryl methyl sites for hydroxylation is 1. The van der Waals surface area contributed by atoms with E-state index >= 15 is 0 Å². The number of carbonyl (C=O) groups is 1. The van der Waals surface area contributed by atoms with Gasteiger partial charge in [0.2, 0.25) is 15.9 Å². The zero-order valence-corrected chi connectivity index (χ0v) is 17.0. The summed E-state index contributed by atoms with van der Waals surface area (Å²) in [5, 5.41) is 1.51. The molecule has 2 aromatic heterocycles. The lowest BCUT2D eigenvalue weighted by molar-refractivity contribution is -0.120. The lowest BCUT2D eigenvalue weighted by Crippen LogP contribution is -2.42. The molecule has 30 heavy (non-hydrogen) atoms. The number of hydrazine groups is 1. The van der Waals surface area contributed by atoms with E-state index < -0.39 is 21.6 Å². The maximum absolute atomic E-state index is 12.4. The molecule has 0 fully saturated rings. The monoisotopic (exact) mass is 426 g/mol. The van der Waals surface area contributed by atoms with E-state index in [1.807, 2.05) is 41.2 Å². The summed E-state index contributed by atoms with van der Waals surface area (Å²) < 4.78 is 33.3. The first-order chi connectivity index (χ1) is 14.2. The molecule has 8 nitrogen and oxygen atoms in total. The topological polar surface area (TPSA) is 119 Å². The van der Waals surface area contributed by atoms with Crippen LogP contribution in [-0.2, 0) is 21.2 Å². The largest absolute Gasteiger partial charge is 0.464 e. The van der Waals surface area contributed by atoms with Crippen LogP contribution in [0.5, 0.6) is 0 Å². The van der Waals surface area contributed by atoms with Crippen LogP contribution in [-0.4, -0.2) is 20.6 Å². The van der Waals surface area contributed by atoms with Gasteiger partial charge >= 0.3 is 5.63 Å². The average Bonchev–Trinajstić information content (AvgIpc) is 3.11. The maximum Gasteiger partial charge on any atom is 0.340 e. The molecule has 2 N–H and O–H groups in total. The smallest absolute Gasteiger partial charge is 0.340 e. The quantitative estimate of drug-likeness (QED) is 0.374. The average molecular weight is 426 g/mol. The van der Waals surface area contributed by atoms with Crippen LogP contribution in [0.25, 0.3) is 33.1 Å². The Bertz CT molecular complexity index is 1440. The number of hydrogen-bond donors (Lipinski definition) is 2. The third-order valence-corrected chi connectivity index (χ3v) is 5.25. The third kappa shape index (κ3) is 3.85. The molecule has 154 valence electrons. The molecule has 0 aliphatic rings. The molecule has 0 saturated carbocycles. The van der Waals surface area contributed by atoms with Crippen molar-refractivity contribution in [1.29, 1.82) is 0 Å². The van der Waals surface area contributed by atoms with Gasteiger partial charge in [-0.3, -0.25) is 10.2 Å². The fourth-order valence-corrected chi connectivity index (χ4v) is 3.61. The number of nitrogens with one attached hydrogen (secondary N) is 2. The van der Waals surface area contributed by atoms with E-state index in [1.165, 1.54) is 0 Å². The number of carbonyl (C=O) groups excluding carboxylic acids is 1. The van der Waals surface area contributed by atoms with Crippen molar-refractivity contribution < 1.29 is 22.0 Å². The molecule has 0 aliphatic carbocycles. The molecular weight excluding hydrogens is 408 g/mol. The molecule has 2 aromatic carbocycles. The Morgan fingerprint density at radius 2 is 1.80 bits per heavy atom. The van der Waals surface area contributed by atoms with E-state index in [4.69, 9.17) is 8.83 Å². The van der Waals surface area contributed by atoms with Gasteiger partial charge in [-0.2, -0.15) is 0 Å². The van der Waals surface area contributed by atoms with Gasteiger partial charge in [0.25, 0.3) is 0 Å². The number of amides is 1. The second-order valence-electron chi connectivity index (χ2n) is 6.95. The molecule has 0 aliphatic heterocycles. The van der Waals surface area contributed by atoms with Crippen molar-refractivity contribution in [3.63, 3.8) is 0 Å². The van der Waals surface area contributed by atoms with Gasteiger partial charge in [-0.15, -0.1) is 4.83 Å². The van der Waals surface area contributed by atoms with E-state index in [0.717, 1.165) is 22.8 Å². The second kappa shape index (κ2) is 7.43. The molecule has 9 heteroatoms. The van der Waals surface area contributed by atoms with E-state index in [9.17, 15) is 18.0 Å². The predicted molar refractivity (Wildman–Crippen MR) is 112 cm³/mol. The van der Waals surface area contributed by atoms with Crippen molar-refractivity contribution in [1.82, 2.24) is 10.3 Å². The standard InChI is InChI=1S/C21H18N2O6S/c1-12-14-8-16-17(13-6-4-3-5-7-13)11-28-18(16)10-19(14)29-21(25)15(12)9-20(24)22-23-30(2,26)27/h3-8,10-11,23H,9H2,1-2H3,(H,22,24). The molecule has 1 amide bonds. The van der Waals surface area contributed by atoms with Crippen molar-refractivity contribution >= 4 is 37.9 Å². The predicted octanol–water partition coefficient (Wildman–Crippen LogP) is 2.64. The van der Waals surface area contributed by atoms with E-state index in [2.05, 4.69) is 5.43 Å². The zero-order valence-electron chi connectivity index (χ0n) is 16.2. The van der Waals surface area contributed by atoms with Gasteiger partial charge < -0.3 is 8.83 Å². The van der Waals surface area contributed by atoms with Gasteiger partial charge in [0.05, 0.1) is 24.5 Å². The van der Waals surface area contributed by atoms with Gasteiger partial charge in [0.15, 0.2) is 0 Å². The minimum atomic E-state index is -3.61. The number of hydrogen-bond acceptors (Lipinski definition) is 6. The minimum absolute atomic E-state index is 0.152. The van der Waals surface area contributed by atoms with E-state index in [1.54, 1.807) is 19.3 Å². The summed E-state index contributed by atoms with van der Waals surface area (Å²) in [4.78, 5) is 26.4. The molecule has 4 aromatic rings. The van der Waals surface area contributed by atoms with Gasteiger partial charge in [0.1, 0.15) is 11.2 Å². The molecule has 0 bridgehead atoms. The summed E-state index contributed by atoms with van der Waals surface area (Å²) in [6.45, 7) is 1.72. The lowest BCUT2D eigenvalue weighted by Gasteiger charge is -2.09. The number of sulfonamides is 1. The maximum atomic E-state index is 12.4. The second-order valence-corrected chi connectivity index (χ2v) is 8.70. The van der Waals surface area contributed by atoms with Gasteiger partial charge in [-0.1, -0.05) is 30.3 Å². The van der Waals surface area contributed by atoms with Gasteiger partial charge in [-0.25, -0.2) is 13.2 Å². The first-order valence-corrected chi connectivity index (χ1v) is 10.9. The van der Waals surface area contributed by atoms with Crippen LogP contribution in [0.4, 0.5) is 0 Å². The van der Waals surface area contributed by atoms with Crippen LogP contribution in [0.1, 0.15) is 11.1 Å². The van der Waals surface area contributed by atoms with Crippen molar-refractivity contribution in [3.05, 3.63) is 70.3 Å². The van der Waals surface area contributed by atoms with Crippen molar-refractivity contribution in [2.45, 2.75) is 13.3 Å². The highest BCUT2D eigenvalue weighted by atomic mass is 32.2. The van der Waals surface area contributed by atoms with E-state index in [-0.39, 0.29) is 12.0 Å². The van der Waals surface area contributed by atoms with Crippen LogP contribution in [0.15, 0.2) is 62.4 Å². The molecular formula is C21H18N2O6S. The minimum Gasteiger partial charge on any atom is -0.464 e. The van der Waals surface area contributed by atoms with Gasteiger partial charge in [0, 0.05) is 22.4 Å². The highest BCUT2D eigenvalue weighted by Crippen LogP contribution is 2.34. The highest BCUT2D eigenvalue weighted by molar-refractivity contribution is 7.88. The summed E-state index contributed by atoms with van der Waals surface area (Å²) in [5.41, 5.74) is 4.93. The molecule has 0 atom stereocenters. The van der Waals surface area contributed by atoms with Crippen LogP contribution in [0.3, 0.4) is 0 Å². The highest BCUT2D eigenvalue weighted by Gasteiger charge is 2.18. The Kier molecular flexibility index (Phi) is 4.92. The molecule has 0 radical (unpaired) electrons. The molecule has 0 saturated heterocycles. The number of furan rings is 1. The lowest BCUT2D eigenvalue weighted by atomic mass is 9.99. The summed E-state index contributed by atoms with van der Waals surface area (Å²) in [6, 6.07) is 13.2. The van der Waals surface area contributed by atoms with Crippen molar-refractivity contribution in [2.24, 2.45) is 0 Å². The number of rotatable bonds is 5. The first kappa shape index (κ1) is 19.9.